The first-order chi connectivity index (χ1) is 10.4. The Labute approximate surface area is 136 Å². The lowest BCUT2D eigenvalue weighted by atomic mass is 9.80. The van der Waals surface area contributed by atoms with Crippen molar-refractivity contribution in [3.63, 3.8) is 0 Å². The summed E-state index contributed by atoms with van der Waals surface area (Å²) in [6.45, 7) is 3.74. The van der Waals surface area contributed by atoms with Gasteiger partial charge in [0.25, 0.3) is 0 Å². The summed E-state index contributed by atoms with van der Waals surface area (Å²) in [6, 6.07) is 17.0. The van der Waals surface area contributed by atoms with Gasteiger partial charge in [0.15, 0.2) is 0 Å². The number of hydrogen-bond donors (Lipinski definition) is 1. The Morgan fingerprint density at radius 3 is 2.23 bits per heavy atom. The van der Waals surface area contributed by atoms with Gasteiger partial charge in [0.2, 0.25) is 0 Å². The van der Waals surface area contributed by atoms with E-state index in [9.17, 15) is 4.79 Å². The number of nitrogens with one attached hydrogen (secondary N) is 1. The molecule has 1 atom stereocenters. The minimum absolute atomic E-state index is 0.236. The van der Waals surface area contributed by atoms with E-state index in [1.165, 1.54) is 7.11 Å². The van der Waals surface area contributed by atoms with Crippen LogP contribution in [0.2, 0.25) is 5.02 Å². The number of carbonyl (C=O) groups is 1. The van der Waals surface area contributed by atoms with Crippen molar-refractivity contribution in [2.45, 2.75) is 19.9 Å². The molecule has 3 nitrogen and oxygen atoms in total. The molecule has 0 fully saturated rings. The van der Waals surface area contributed by atoms with Crippen LogP contribution in [0, 0.1) is 5.41 Å². The molecular formula is C18H20ClNO2. The zero-order valence-corrected chi connectivity index (χ0v) is 13.7. The third kappa shape index (κ3) is 3.60. The van der Waals surface area contributed by atoms with E-state index in [2.05, 4.69) is 5.32 Å². The molecule has 0 aliphatic carbocycles. The predicted octanol–water partition coefficient (Wildman–Crippen LogP) is 4.69. The van der Waals surface area contributed by atoms with Gasteiger partial charge in [-0.3, -0.25) is 4.79 Å². The van der Waals surface area contributed by atoms with Gasteiger partial charge in [0.1, 0.15) is 0 Å². The van der Waals surface area contributed by atoms with Crippen LogP contribution in [0.3, 0.4) is 0 Å². The molecule has 0 radical (unpaired) electrons. The summed E-state index contributed by atoms with van der Waals surface area (Å²) in [5, 5.41) is 4.09. The molecule has 22 heavy (non-hydrogen) atoms. The number of carbonyl (C=O) groups excluding carboxylic acids is 1. The molecule has 0 heterocycles. The molecule has 2 aromatic carbocycles. The largest absolute Gasteiger partial charge is 0.469 e. The lowest BCUT2D eigenvalue weighted by Crippen LogP contribution is -2.36. The monoisotopic (exact) mass is 317 g/mol. The Morgan fingerprint density at radius 1 is 1.09 bits per heavy atom. The van der Waals surface area contributed by atoms with Gasteiger partial charge in [0.05, 0.1) is 18.6 Å². The van der Waals surface area contributed by atoms with E-state index in [1.54, 1.807) is 0 Å². The van der Waals surface area contributed by atoms with E-state index in [0.29, 0.717) is 5.02 Å². The highest BCUT2D eigenvalue weighted by Gasteiger charge is 2.39. The molecule has 2 rings (SSSR count). The number of halogens is 1. The molecule has 0 amide bonds. The summed E-state index contributed by atoms with van der Waals surface area (Å²) in [4.78, 5) is 12.2. The van der Waals surface area contributed by atoms with Crippen molar-refractivity contribution in [3.8, 4) is 0 Å². The first kappa shape index (κ1) is 16.4. The molecule has 0 bridgehead atoms. The summed E-state index contributed by atoms with van der Waals surface area (Å²) < 4.78 is 4.97. The molecule has 1 N–H and O–H groups in total. The molecule has 0 spiro atoms. The number of methoxy groups -OCH3 is 1. The van der Waals surface area contributed by atoms with E-state index >= 15 is 0 Å². The van der Waals surface area contributed by atoms with Crippen molar-refractivity contribution in [1.82, 2.24) is 0 Å². The topological polar surface area (TPSA) is 38.3 Å². The predicted molar refractivity (Wildman–Crippen MR) is 90.1 cm³/mol. The molecule has 2 aromatic rings. The first-order valence-corrected chi connectivity index (χ1v) is 7.48. The minimum Gasteiger partial charge on any atom is -0.469 e. The fraction of sp³-hybridized carbons (Fsp3) is 0.278. The van der Waals surface area contributed by atoms with Gasteiger partial charge in [-0.25, -0.2) is 0 Å². The molecule has 0 aliphatic rings. The summed E-state index contributed by atoms with van der Waals surface area (Å²) in [5.74, 6) is -0.268. The molecule has 0 saturated heterocycles. The van der Waals surface area contributed by atoms with Crippen molar-refractivity contribution < 1.29 is 9.53 Å². The number of esters is 1. The number of para-hydroxylation sites is 1. The Kier molecular flexibility index (Phi) is 5.09. The fourth-order valence-electron chi connectivity index (χ4n) is 2.42. The highest BCUT2D eigenvalue weighted by atomic mass is 35.5. The van der Waals surface area contributed by atoms with Gasteiger partial charge in [-0.05, 0) is 43.7 Å². The van der Waals surface area contributed by atoms with Gasteiger partial charge < -0.3 is 10.1 Å². The Hall–Kier alpha value is -2.00. The van der Waals surface area contributed by atoms with E-state index in [0.717, 1.165) is 11.3 Å². The van der Waals surface area contributed by atoms with Crippen LogP contribution in [-0.4, -0.2) is 13.1 Å². The molecule has 0 aromatic heterocycles. The van der Waals surface area contributed by atoms with Gasteiger partial charge >= 0.3 is 5.97 Å². The van der Waals surface area contributed by atoms with Crippen LogP contribution in [-0.2, 0) is 9.53 Å². The smallest absolute Gasteiger partial charge is 0.313 e. The number of ether oxygens (including phenoxy) is 1. The zero-order valence-electron chi connectivity index (χ0n) is 13.0. The highest BCUT2D eigenvalue weighted by Crippen LogP contribution is 2.37. The van der Waals surface area contributed by atoms with Crippen LogP contribution < -0.4 is 5.32 Å². The highest BCUT2D eigenvalue weighted by molar-refractivity contribution is 6.30. The third-order valence-electron chi connectivity index (χ3n) is 3.72. The minimum atomic E-state index is -0.738. The van der Waals surface area contributed by atoms with Crippen LogP contribution in [0.5, 0.6) is 0 Å². The Morgan fingerprint density at radius 2 is 1.68 bits per heavy atom. The Bertz CT molecular complexity index is 623. The summed E-state index contributed by atoms with van der Waals surface area (Å²) in [6.07, 6.45) is 0. The van der Waals surface area contributed by atoms with Crippen molar-refractivity contribution in [1.29, 1.82) is 0 Å². The first-order valence-electron chi connectivity index (χ1n) is 7.10. The number of benzene rings is 2. The third-order valence-corrected chi connectivity index (χ3v) is 3.97. The number of anilines is 1. The normalized spacial score (nSPS) is 12.5. The van der Waals surface area contributed by atoms with E-state index in [-0.39, 0.29) is 12.0 Å². The molecule has 0 aliphatic heterocycles. The van der Waals surface area contributed by atoms with Crippen LogP contribution in [0.15, 0.2) is 54.6 Å². The molecule has 116 valence electrons. The fourth-order valence-corrected chi connectivity index (χ4v) is 2.54. The van der Waals surface area contributed by atoms with Crippen LogP contribution in [0.1, 0.15) is 25.5 Å². The maximum Gasteiger partial charge on any atom is 0.313 e. The van der Waals surface area contributed by atoms with Crippen LogP contribution in [0.25, 0.3) is 0 Å². The van der Waals surface area contributed by atoms with Crippen molar-refractivity contribution in [3.05, 3.63) is 65.2 Å². The second-order valence-corrected chi connectivity index (χ2v) is 6.14. The molecular weight excluding hydrogens is 298 g/mol. The average Bonchev–Trinajstić information content (AvgIpc) is 2.53. The van der Waals surface area contributed by atoms with Crippen LogP contribution in [0.4, 0.5) is 5.69 Å². The molecule has 1 unspecified atom stereocenters. The second kappa shape index (κ2) is 6.84. The van der Waals surface area contributed by atoms with E-state index in [4.69, 9.17) is 16.3 Å². The molecule has 0 saturated carbocycles. The Balaban J connectivity index is 2.40. The van der Waals surface area contributed by atoms with Gasteiger partial charge in [-0.2, -0.15) is 0 Å². The van der Waals surface area contributed by atoms with Crippen molar-refractivity contribution in [2.75, 3.05) is 12.4 Å². The maximum atomic E-state index is 12.2. The zero-order chi connectivity index (χ0) is 16.2. The summed E-state index contributed by atoms with van der Waals surface area (Å²) >= 11 is 5.97. The van der Waals surface area contributed by atoms with E-state index < -0.39 is 5.41 Å². The van der Waals surface area contributed by atoms with Gasteiger partial charge in [-0.15, -0.1) is 0 Å². The average molecular weight is 318 g/mol. The summed E-state index contributed by atoms with van der Waals surface area (Å²) in [7, 11) is 1.41. The van der Waals surface area contributed by atoms with Gasteiger partial charge in [0, 0.05) is 10.7 Å². The van der Waals surface area contributed by atoms with E-state index in [1.807, 2.05) is 68.4 Å². The second-order valence-electron chi connectivity index (χ2n) is 5.71. The quantitative estimate of drug-likeness (QED) is 0.813. The van der Waals surface area contributed by atoms with Crippen molar-refractivity contribution in [2.24, 2.45) is 5.41 Å². The van der Waals surface area contributed by atoms with Crippen LogP contribution >= 0.6 is 11.6 Å². The standard InChI is InChI=1S/C18H20ClNO2/c1-18(2,17(21)22-3)16(13-9-11-14(19)12-10-13)20-15-7-5-4-6-8-15/h4-12,16,20H,1-3H3. The number of rotatable bonds is 5. The lowest BCUT2D eigenvalue weighted by molar-refractivity contribution is -0.151. The van der Waals surface area contributed by atoms with Gasteiger partial charge in [-0.1, -0.05) is 41.9 Å². The lowest BCUT2D eigenvalue weighted by Gasteiger charge is -2.33. The summed E-state index contributed by atoms with van der Waals surface area (Å²) in [5.41, 5.74) is 1.18. The maximum absolute atomic E-state index is 12.2. The number of hydrogen-bond acceptors (Lipinski definition) is 3. The SMILES string of the molecule is COC(=O)C(C)(C)C(Nc1ccccc1)c1ccc(Cl)cc1. The molecule has 4 heteroatoms. The van der Waals surface area contributed by atoms with Crippen molar-refractivity contribution >= 4 is 23.3 Å².